The molecule has 0 spiro atoms. The van der Waals surface area contributed by atoms with Gasteiger partial charge in [0.05, 0.1) is 26.0 Å². The first-order valence-corrected chi connectivity index (χ1v) is 10.5. The number of amides is 1. The molecule has 0 aliphatic heterocycles. The monoisotopic (exact) mass is 446 g/mol. The van der Waals surface area contributed by atoms with E-state index in [1.807, 2.05) is 32.0 Å². The topological polar surface area (TPSA) is 69.7 Å². The van der Waals surface area contributed by atoms with Crippen LogP contribution in [-0.2, 0) is 6.61 Å². The van der Waals surface area contributed by atoms with E-state index in [4.69, 9.17) is 25.8 Å². The summed E-state index contributed by atoms with van der Waals surface area (Å²) in [6.45, 7) is 4.02. The third-order valence-electron chi connectivity index (χ3n) is 4.48. The van der Waals surface area contributed by atoms with Crippen molar-refractivity contribution in [2.45, 2.75) is 26.5 Å². The predicted octanol–water partition coefficient (Wildman–Crippen LogP) is 5.19. The molecule has 1 unspecified atom stereocenters. The van der Waals surface area contributed by atoms with Gasteiger partial charge in [-0.15, -0.1) is 11.3 Å². The summed E-state index contributed by atoms with van der Waals surface area (Å²) < 4.78 is 16.3. The fourth-order valence-corrected chi connectivity index (χ4v) is 3.88. The molecule has 3 rings (SSSR count). The standard InChI is InChI=1S/C22H23ClN2O4S/c1-13(15-5-10-18(27-3)19(11-15)28-4)25-22(26)21-14(2)24-20(30-21)12-29-17-8-6-16(23)7-9-17/h5-11,13H,12H2,1-4H3,(H,25,26). The number of nitrogens with one attached hydrogen (secondary N) is 1. The summed E-state index contributed by atoms with van der Waals surface area (Å²) in [5.41, 5.74) is 1.58. The SMILES string of the molecule is COc1ccc(C(C)NC(=O)c2sc(COc3ccc(Cl)cc3)nc2C)cc1OC. The lowest BCUT2D eigenvalue weighted by Crippen LogP contribution is -2.26. The quantitative estimate of drug-likeness (QED) is 0.515. The highest BCUT2D eigenvalue weighted by molar-refractivity contribution is 7.13. The highest BCUT2D eigenvalue weighted by atomic mass is 35.5. The molecule has 0 radical (unpaired) electrons. The molecule has 1 N–H and O–H groups in total. The fraction of sp³-hybridized carbons (Fsp3) is 0.273. The van der Waals surface area contributed by atoms with Gasteiger partial charge in [0.2, 0.25) is 0 Å². The Balaban J connectivity index is 1.66. The molecule has 1 aromatic heterocycles. The van der Waals surface area contributed by atoms with Crippen LogP contribution in [-0.4, -0.2) is 25.1 Å². The summed E-state index contributed by atoms with van der Waals surface area (Å²) in [4.78, 5) is 17.8. The van der Waals surface area contributed by atoms with E-state index in [2.05, 4.69) is 10.3 Å². The highest BCUT2D eigenvalue weighted by Gasteiger charge is 2.19. The third kappa shape index (κ3) is 5.23. The number of rotatable bonds is 8. The van der Waals surface area contributed by atoms with Crippen LogP contribution in [0.2, 0.25) is 5.02 Å². The summed E-state index contributed by atoms with van der Waals surface area (Å²) >= 11 is 7.20. The normalized spacial score (nSPS) is 11.6. The van der Waals surface area contributed by atoms with E-state index in [-0.39, 0.29) is 18.6 Å². The minimum absolute atomic E-state index is 0.176. The number of methoxy groups -OCH3 is 2. The fourth-order valence-electron chi connectivity index (χ4n) is 2.87. The summed E-state index contributed by atoms with van der Waals surface area (Å²) in [5, 5.41) is 4.39. The largest absolute Gasteiger partial charge is 0.493 e. The van der Waals surface area contributed by atoms with Gasteiger partial charge in [0.25, 0.3) is 5.91 Å². The van der Waals surface area contributed by atoms with E-state index in [9.17, 15) is 4.79 Å². The number of benzene rings is 2. The maximum atomic E-state index is 12.8. The number of nitrogens with zero attached hydrogens (tertiary/aromatic N) is 1. The lowest BCUT2D eigenvalue weighted by atomic mass is 10.1. The van der Waals surface area contributed by atoms with Gasteiger partial charge in [0, 0.05) is 5.02 Å². The Kier molecular flexibility index (Phi) is 7.18. The highest BCUT2D eigenvalue weighted by Crippen LogP contribution is 2.30. The molecule has 30 heavy (non-hydrogen) atoms. The Hall–Kier alpha value is -2.77. The average molecular weight is 447 g/mol. The number of hydrogen-bond acceptors (Lipinski definition) is 6. The molecule has 0 saturated carbocycles. The number of ether oxygens (including phenoxy) is 3. The third-order valence-corrected chi connectivity index (χ3v) is 5.86. The van der Waals surface area contributed by atoms with Crippen molar-refractivity contribution < 1.29 is 19.0 Å². The zero-order valence-electron chi connectivity index (χ0n) is 17.2. The second-order valence-corrected chi connectivity index (χ2v) is 8.09. The van der Waals surface area contributed by atoms with Crippen LogP contribution in [0.3, 0.4) is 0 Å². The van der Waals surface area contributed by atoms with Gasteiger partial charge in [-0.3, -0.25) is 4.79 Å². The smallest absolute Gasteiger partial charge is 0.263 e. The van der Waals surface area contributed by atoms with Crippen molar-refractivity contribution >= 4 is 28.8 Å². The van der Waals surface area contributed by atoms with Crippen LogP contribution in [0.25, 0.3) is 0 Å². The summed E-state index contributed by atoms with van der Waals surface area (Å²) in [5.74, 6) is 1.78. The lowest BCUT2D eigenvalue weighted by Gasteiger charge is -2.16. The minimum Gasteiger partial charge on any atom is -0.493 e. The van der Waals surface area contributed by atoms with E-state index < -0.39 is 0 Å². The summed E-state index contributed by atoms with van der Waals surface area (Å²) in [7, 11) is 3.17. The van der Waals surface area contributed by atoms with Crippen molar-refractivity contribution in [1.29, 1.82) is 0 Å². The molecular weight excluding hydrogens is 424 g/mol. The molecular formula is C22H23ClN2O4S. The number of carbonyl (C=O) groups is 1. The number of hydrogen-bond donors (Lipinski definition) is 1. The number of carbonyl (C=O) groups excluding carboxylic acids is 1. The average Bonchev–Trinajstić information content (AvgIpc) is 3.13. The molecule has 0 aliphatic rings. The van der Waals surface area contributed by atoms with Crippen LogP contribution in [0.4, 0.5) is 0 Å². The van der Waals surface area contributed by atoms with Crippen molar-refractivity contribution in [2.75, 3.05) is 14.2 Å². The molecule has 0 bridgehead atoms. The minimum atomic E-state index is -0.215. The van der Waals surface area contributed by atoms with Crippen molar-refractivity contribution in [3.63, 3.8) is 0 Å². The first-order chi connectivity index (χ1) is 14.4. The van der Waals surface area contributed by atoms with Crippen molar-refractivity contribution in [3.05, 3.63) is 68.6 Å². The number of halogens is 1. The van der Waals surface area contributed by atoms with Gasteiger partial charge in [-0.05, 0) is 55.8 Å². The second-order valence-electron chi connectivity index (χ2n) is 6.57. The first kappa shape index (κ1) is 21.9. The van der Waals surface area contributed by atoms with E-state index in [1.54, 1.807) is 38.5 Å². The number of aryl methyl sites for hydroxylation is 1. The van der Waals surface area contributed by atoms with Crippen LogP contribution < -0.4 is 19.5 Å². The van der Waals surface area contributed by atoms with Crippen LogP contribution in [0.15, 0.2) is 42.5 Å². The summed E-state index contributed by atoms with van der Waals surface area (Å²) in [6.07, 6.45) is 0. The van der Waals surface area contributed by atoms with Crippen LogP contribution in [0.5, 0.6) is 17.2 Å². The molecule has 0 fully saturated rings. The van der Waals surface area contributed by atoms with Gasteiger partial charge < -0.3 is 19.5 Å². The Labute approximate surface area is 184 Å². The number of aromatic nitrogens is 1. The lowest BCUT2D eigenvalue weighted by molar-refractivity contribution is 0.0943. The van der Waals surface area contributed by atoms with E-state index in [0.717, 1.165) is 10.6 Å². The molecule has 1 atom stereocenters. The molecule has 8 heteroatoms. The van der Waals surface area contributed by atoms with E-state index in [0.29, 0.717) is 32.8 Å². The van der Waals surface area contributed by atoms with Gasteiger partial charge in [0.1, 0.15) is 22.2 Å². The van der Waals surface area contributed by atoms with Crippen molar-refractivity contribution in [2.24, 2.45) is 0 Å². The molecule has 3 aromatic rings. The van der Waals surface area contributed by atoms with Crippen LogP contribution in [0, 0.1) is 6.92 Å². The van der Waals surface area contributed by atoms with Gasteiger partial charge in [0.15, 0.2) is 11.5 Å². The van der Waals surface area contributed by atoms with Crippen LogP contribution >= 0.6 is 22.9 Å². The molecule has 0 aliphatic carbocycles. The predicted molar refractivity (Wildman–Crippen MR) is 118 cm³/mol. The Morgan fingerprint density at radius 2 is 1.83 bits per heavy atom. The van der Waals surface area contributed by atoms with Gasteiger partial charge in [-0.1, -0.05) is 17.7 Å². The van der Waals surface area contributed by atoms with Crippen LogP contribution in [0.1, 0.15) is 38.9 Å². The van der Waals surface area contributed by atoms with Gasteiger partial charge >= 0.3 is 0 Å². The van der Waals surface area contributed by atoms with Crippen molar-refractivity contribution in [1.82, 2.24) is 10.3 Å². The van der Waals surface area contributed by atoms with Gasteiger partial charge in [-0.2, -0.15) is 0 Å². The maximum absolute atomic E-state index is 12.8. The molecule has 1 amide bonds. The van der Waals surface area contributed by atoms with E-state index >= 15 is 0 Å². The second kappa shape index (κ2) is 9.82. The molecule has 158 valence electrons. The molecule has 0 saturated heterocycles. The van der Waals surface area contributed by atoms with E-state index in [1.165, 1.54) is 11.3 Å². The molecule has 6 nitrogen and oxygen atoms in total. The molecule has 2 aromatic carbocycles. The zero-order chi connectivity index (χ0) is 21.7. The Bertz CT molecular complexity index is 1020. The molecule has 1 heterocycles. The zero-order valence-corrected chi connectivity index (χ0v) is 18.8. The Morgan fingerprint density at radius 1 is 1.13 bits per heavy atom. The number of thiazole rings is 1. The first-order valence-electron chi connectivity index (χ1n) is 9.28. The Morgan fingerprint density at radius 3 is 2.50 bits per heavy atom. The maximum Gasteiger partial charge on any atom is 0.263 e. The van der Waals surface area contributed by atoms with Gasteiger partial charge in [-0.25, -0.2) is 4.98 Å². The van der Waals surface area contributed by atoms with Crippen molar-refractivity contribution in [3.8, 4) is 17.2 Å². The summed E-state index contributed by atoms with van der Waals surface area (Å²) in [6, 6.07) is 12.5.